The third-order valence-corrected chi connectivity index (χ3v) is 3.89. The van der Waals surface area contributed by atoms with Crippen LogP contribution in [0, 0.1) is 6.92 Å². The third-order valence-electron chi connectivity index (χ3n) is 3.89. The normalized spacial score (nSPS) is 23.0. The standard InChI is InChI=1S/C15H25N3O3/c1-7-10-12(9(2)20-18-10)17-13(19)16-11-8-14(3,4)21-15(11,5)6/h11H,7-8H2,1-6H3,(H2,16,17,19)/t11-/m0/s1. The summed E-state index contributed by atoms with van der Waals surface area (Å²) in [6.07, 6.45) is 1.48. The Morgan fingerprint density at radius 3 is 2.57 bits per heavy atom. The minimum atomic E-state index is -0.391. The van der Waals surface area contributed by atoms with Crippen molar-refractivity contribution in [2.75, 3.05) is 5.32 Å². The van der Waals surface area contributed by atoms with Crippen LogP contribution >= 0.6 is 0 Å². The van der Waals surface area contributed by atoms with Gasteiger partial charge in [-0.3, -0.25) is 0 Å². The number of nitrogens with zero attached hydrogens (tertiary/aromatic N) is 1. The molecule has 0 saturated carbocycles. The fourth-order valence-corrected chi connectivity index (χ4v) is 2.91. The van der Waals surface area contributed by atoms with Crippen LogP contribution in [-0.4, -0.2) is 28.4 Å². The molecule has 1 aliphatic heterocycles. The zero-order chi connectivity index (χ0) is 15.8. The average Bonchev–Trinajstić information content (AvgIpc) is 2.77. The van der Waals surface area contributed by atoms with Crippen LogP contribution in [0.3, 0.4) is 0 Å². The van der Waals surface area contributed by atoms with Gasteiger partial charge in [-0.2, -0.15) is 0 Å². The van der Waals surface area contributed by atoms with Crippen LogP contribution in [-0.2, 0) is 11.2 Å². The van der Waals surface area contributed by atoms with E-state index in [4.69, 9.17) is 9.26 Å². The minimum absolute atomic E-state index is 0.0438. The van der Waals surface area contributed by atoms with Crippen molar-refractivity contribution < 1.29 is 14.1 Å². The Kier molecular flexibility index (Phi) is 4.02. The van der Waals surface area contributed by atoms with Crippen molar-refractivity contribution in [3.63, 3.8) is 0 Å². The van der Waals surface area contributed by atoms with E-state index in [1.807, 2.05) is 34.6 Å². The van der Waals surface area contributed by atoms with Crippen molar-refractivity contribution in [3.8, 4) is 0 Å². The number of amides is 2. The maximum Gasteiger partial charge on any atom is 0.319 e. The lowest BCUT2D eigenvalue weighted by Crippen LogP contribution is -2.47. The van der Waals surface area contributed by atoms with Crippen molar-refractivity contribution in [3.05, 3.63) is 11.5 Å². The second kappa shape index (κ2) is 5.33. The minimum Gasteiger partial charge on any atom is -0.367 e. The molecule has 2 N–H and O–H groups in total. The predicted molar refractivity (Wildman–Crippen MR) is 80.4 cm³/mol. The second-order valence-corrected chi connectivity index (χ2v) is 6.73. The van der Waals surface area contributed by atoms with E-state index >= 15 is 0 Å². The van der Waals surface area contributed by atoms with Gasteiger partial charge in [-0.25, -0.2) is 4.79 Å². The number of ether oxygens (including phenoxy) is 1. The summed E-state index contributed by atoms with van der Waals surface area (Å²) in [7, 11) is 0. The number of carbonyl (C=O) groups excluding carboxylic acids is 1. The summed E-state index contributed by atoms with van der Waals surface area (Å²) in [5.41, 5.74) is 0.789. The van der Waals surface area contributed by atoms with Gasteiger partial charge in [0.1, 0.15) is 11.4 Å². The van der Waals surface area contributed by atoms with Gasteiger partial charge in [0, 0.05) is 0 Å². The Morgan fingerprint density at radius 1 is 1.38 bits per heavy atom. The quantitative estimate of drug-likeness (QED) is 0.898. The maximum absolute atomic E-state index is 12.2. The molecule has 0 aromatic carbocycles. The molecular weight excluding hydrogens is 270 g/mol. The van der Waals surface area contributed by atoms with Gasteiger partial charge in [-0.1, -0.05) is 12.1 Å². The lowest BCUT2D eigenvalue weighted by atomic mass is 9.95. The number of aromatic nitrogens is 1. The van der Waals surface area contributed by atoms with Gasteiger partial charge in [-0.05, 0) is 47.5 Å². The summed E-state index contributed by atoms with van der Waals surface area (Å²) >= 11 is 0. The first-order valence-electron chi connectivity index (χ1n) is 7.37. The molecule has 21 heavy (non-hydrogen) atoms. The lowest BCUT2D eigenvalue weighted by Gasteiger charge is -2.27. The summed E-state index contributed by atoms with van der Waals surface area (Å²) in [5, 5.41) is 9.77. The Bertz CT molecular complexity index is 534. The first-order chi connectivity index (χ1) is 9.64. The fourth-order valence-electron chi connectivity index (χ4n) is 2.91. The maximum atomic E-state index is 12.2. The predicted octanol–water partition coefficient (Wildman–Crippen LogP) is 3.01. The molecule has 1 saturated heterocycles. The Balaban J connectivity index is 2.04. The summed E-state index contributed by atoms with van der Waals surface area (Å²) in [5.74, 6) is 0.615. The molecule has 118 valence electrons. The molecule has 6 heteroatoms. The highest BCUT2D eigenvalue weighted by molar-refractivity contribution is 5.90. The van der Waals surface area contributed by atoms with Crippen LogP contribution in [0.15, 0.2) is 4.52 Å². The Hall–Kier alpha value is -1.56. The van der Waals surface area contributed by atoms with E-state index in [9.17, 15) is 4.79 Å². The summed E-state index contributed by atoms with van der Waals surface area (Å²) in [4.78, 5) is 12.2. The van der Waals surface area contributed by atoms with Gasteiger partial charge in [0.25, 0.3) is 0 Å². The third kappa shape index (κ3) is 3.37. The number of anilines is 1. The average molecular weight is 295 g/mol. The Labute approximate surface area is 125 Å². The zero-order valence-corrected chi connectivity index (χ0v) is 13.7. The van der Waals surface area contributed by atoms with E-state index in [0.29, 0.717) is 17.9 Å². The number of hydrogen-bond acceptors (Lipinski definition) is 4. The van der Waals surface area contributed by atoms with Crippen molar-refractivity contribution in [2.24, 2.45) is 0 Å². The molecule has 1 aromatic rings. The van der Waals surface area contributed by atoms with Gasteiger partial charge >= 0.3 is 6.03 Å². The van der Waals surface area contributed by atoms with E-state index in [2.05, 4.69) is 15.8 Å². The number of nitrogens with one attached hydrogen (secondary N) is 2. The number of rotatable bonds is 3. The molecule has 1 aliphatic rings. The molecule has 2 amide bonds. The van der Waals surface area contributed by atoms with Crippen LogP contribution in [0.5, 0.6) is 0 Å². The highest BCUT2D eigenvalue weighted by Crippen LogP contribution is 2.37. The molecule has 1 aromatic heterocycles. The van der Waals surface area contributed by atoms with Crippen molar-refractivity contribution in [2.45, 2.75) is 71.6 Å². The summed E-state index contributed by atoms with van der Waals surface area (Å²) in [6, 6.07) is -0.298. The van der Waals surface area contributed by atoms with E-state index in [0.717, 1.165) is 12.1 Å². The molecule has 2 rings (SSSR count). The van der Waals surface area contributed by atoms with Crippen molar-refractivity contribution in [1.29, 1.82) is 0 Å². The van der Waals surface area contributed by atoms with Crippen LogP contribution in [0.4, 0.5) is 10.5 Å². The molecule has 0 spiro atoms. The topological polar surface area (TPSA) is 76.4 Å². The SMILES string of the molecule is CCc1noc(C)c1NC(=O)N[C@H]1CC(C)(C)OC1(C)C. The lowest BCUT2D eigenvalue weighted by molar-refractivity contribution is -0.0689. The van der Waals surface area contributed by atoms with Gasteiger partial charge in [0.15, 0.2) is 5.76 Å². The van der Waals surface area contributed by atoms with E-state index < -0.39 is 5.60 Å². The first kappa shape index (κ1) is 15.8. The van der Waals surface area contributed by atoms with Crippen molar-refractivity contribution in [1.82, 2.24) is 10.5 Å². The van der Waals surface area contributed by atoms with Gasteiger partial charge < -0.3 is 19.9 Å². The summed E-state index contributed by atoms with van der Waals surface area (Å²) < 4.78 is 11.1. The molecule has 0 radical (unpaired) electrons. The molecule has 6 nitrogen and oxygen atoms in total. The van der Waals surface area contributed by atoms with Crippen molar-refractivity contribution >= 4 is 11.7 Å². The number of aryl methyl sites for hydroxylation is 2. The van der Waals surface area contributed by atoms with E-state index in [1.165, 1.54) is 0 Å². The number of hydrogen-bond donors (Lipinski definition) is 2. The molecule has 1 fully saturated rings. The van der Waals surface area contributed by atoms with Crippen LogP contribution in [0.25, 0.3) is 0 Å². The molecule has 0 bridgehead atoms. The van der Waals surface area contributed by atoms with Crippen LogP contribution < -0.4 is 10.6 Å². The second-order valence-electron chi connectivity index (χ2n) is 6.73. The number of urea groups is 1. The molecule has 0 aliphatic carbocycles. The number of carbonyl (C=O) groups is 1. The first-order valence-corrected chi connectivity index (χ1v) is 7.37. The molecule has 0 unspecified atom stereocenters. The fraction of sp³-hybridized carbons (Fsp3) is 0.733. The molecular formula is C15H25N3O3. The summed E-state index contributed by atoms with van der Waals surface area (Å²) in [6.45, 7) is 11.8. The molecule has 1 atom stereocenters. The molecule has 2 heterocycles. The van der Waals surface area contributed by atoms with Gasteiger partial charge in [-0.15, -0.1) is 0 Å². The van der Waals surface area contributed by atoms with Crippen LogP contribution in [0.2, 0.25) is 0 Å². The van der Waals surface area contributed by atoms with Gasteiger partial charge in [0.2, 0.25) is 0 Å². The zero-order valence-electron chi connectivity index (χ0n) is 13.7. The van der Waals surface area contributed by atoms with E-state index in [1.54, 1.807) is 6.92 Å². The smallest absolute Gasteiger partial charge is 0.319 e. The van der Waals surface area contributed by atoms with Gasteiger partial charge in [0.05, 0.1) is 17.2 Å². The van der Waals surface area contributed by atoms with Crippen LogP contribution in [0.1, 0.15) is 52.5 Å². The van der Waals surface area contributed by atoms with E-state index in [-0.39, 0.29) is 17.7 Å². The largest absolute Gasteiger partial charge is 0.367 e. The monoisotopic (exact) mass is 295 g/mol. The Morgan fingerprint density at radius 2 is 2.05 bits per heavy atom. The highest BCUT2D eigenvalue weighted by atomic mass is 16.5. The highest BCUT2D eigenvalue weighted by Gasteiger charge is 2.46.